The molecule has 1 rings (SSSR count). The molecular weight excluding hydrogens is 240 g/mol. The zero-order chi connectivity index (χ0) is 13.6. The van der Waals surface area contributed by atoms with Gasteiger partial charge in [-0.05, 0) is 12.1 Å². The largest absolute Gasteiger partial charge is 0.469 e. The van der Waals surface area contributed by atoms with Crippen molar-refractivity contribution < 1.29 is 28.9 Å². The Kier molecular flexibility index (Phi) is 4.67. The summed E-state index contributed by atoms with van der Waals surface area (Å²) in [4.78, 5) is 22.7. The van der Waals surface area contributed by atoms with Crippen LogP contribution in [0.5, 0.6) is 5.75 Å². The SMILES string of the molecule is COC(=O)CC(O)(Oc1ccccc1)C(=O)OC. The molecule has 1 aromatic rings. The van der Waals surface area contributed by atoms with Crippen LogP contribution in [0.25, 0.3) is 0 Å². The van der Waals surface area contributed by atoms with Crippen molar-refractivity contribution in [2.45, 2.75) is 12.2 Å². The monoisotopic (exact) mass is 254 g/mol. The van der Waals surface area contributed by atoms with Crippen LogP contribution < -0.4 is 4.74 Å². The van der Waals surface area contributed by atoms with E-state index < -0.39 is 24.1 Å². The molecule has 1 unspecified atom stereocenters. The van der Waals surface area contributed by atoms with E-state index in [0.29, 0.717) is 0 Å². The number of para-hydroxylation sites is 1. The van der Waals surface area contributed by atoms with Crippen LogP contribution in [0.1, 0.15) is 6.42 Å². The van der Waals surface area contributed by atoms with Gasteiger partial charge in [0.25, 0.3) is 0 Å². The summed E-state index contributed by atoms with van der Waals surface area (Å²) < 4.78 is 13.9. The van der Waals surface area contributed by atoms with Crippen molar-refractivity contribution in [3.63, 3.8) is 0 Å². The second kappa shape index (κ2) is 6.02. The summed E-state index contributed by atoms with van der Waals surface area (Å²) in [6, 6.07) is 8.12. The quantitative estimate of drug-likeness (QED) is 0.608. The van der Waals surface area contributed by atoms with E-state index in [1.54, 1.807) is 18.2 Å². The molecule has 0 radical (unpaired) electrons. The molecule has 0 amide bonds. The van der Waals surface area contributed by atoms with Crippen LogP contribution in [-0.2, 0) is 19.1 Å². The molecule has 18 heavy (non-hydrogen) atoms. The lowest BCUT2D eigenvalue weighted by Gasteiger charge is -2.24. The van der Waals surface area contributed by atoms with E-state index in [9.17, 15) is 14.7 Å². The van der Waals surface area contributed by atoms with Crippen molar-refractivity contribution >= 4 is 11.9 Å². The number of methoxy groups -OCH3 is 2. The summed E-state index contributed by atoms with van der Waals surface area (Å²) in [6.07, 6.45) is -0.662. The highest BCUT2D eigenvalue weighted by Crippen LogP contribution is 2.21. The number of esters is 2. The van der Waals surface area contributed by atoms with E-state index in [4.69, 9.17) is 4.74 Å². The van der Waals surface area contributed by atoms with Gasteiger partial charge >= 0.3 is 17.7 Å². The van der Waals surface area contributed by atoms with E-state index in [1.165, 1.54) is 12.1 Å². The Morgan fingerprint density at radius 1 is 1.17 bits per heavy atom. The van der Waals surface area contributed by atoms with Gasteiger partial charge in [-0.1, -0.05) is 18.2 Å². The second-order valence-electron chi connectivity index (χ2n) is 3.44. The third-order valence-corrected chi connectivity index (χ3v) is 2.15. The summed E-state index contributed by atoms with van der Waals surface area (Å²) in [5, 5.41) is 10.0. The average molecular weight is 254 g/mol. The molecule has 0 saturated heterocycles. The molecule has 0 bridgehead atoms. The maximum atomic E-state index is 11.5. The van der Waals surface area contributed by atoms with Gasteiger partial charge in [0.2, 0.25) is 0 Å². The summed E-state index contributed by atoms with van der Waals surface area (Å²) in [5.41, 5.74) is 0. The number of carbonyl (C=O) groups is 2. The minimum absolute atomic E-state index is 0.231. The van der Waals surface area contributed by atoms with E-state index >= 15 is 0 Å². The highest BCUT2D eigenvalue weighted by Gasteiger charge is 2.43. The predicted octanol–water partition coefficient (Wildman–Crippen LogP) is 0.490. The molecule has 0 heterocycles. The molecule has 98 valence electrons. The molecule has 0 spiro atoms. The van der Waals surface area contributed by atoms with Crippen molar-refractivity contribution in [3.8, 4) is 5.75 Å². The summed E-state index contributed by atoms with van der Waals surface area (Å²) >= 11 is 0. The van der Waals surface area contributed by atoms with Gasteiger partial charge in [0.05, 0.1) is 14.2 Å². The van der Waals surface area contributed by atoms with Crippen LogP contribution in [0.4, 0.5) is 0 Å². The first-order valence-corrected chi connectivity index (χ1v) is 5.13. The Morgan fingerprint density at radius 2 is 1.78 bits per heavy atom. The minimum atomic E-state index is -2.40. The Bertz CT molecular complexity index is 416. The number of rotatable bonds is 5. The normalized spacial score (nSPS) is 13.3. The summed E-state index contributed by atoms with van der Waals surface area (Å²) in [7, 11) is 2.22. The number of ether oxygens (including phenoxy) is 3. The molecular formula is C12H14O6. The van der Waals surface area contributed by atoms with Gasteiger partial charge in [-0.2, -0.15) is 0 Å². The molecule has 1 atom stereocenters. The van der Waals surface area contributed by atoms with Crippen LogP contribution in [0.3, 0.4) is 0 Å². The van der Waals surface area contributed by atoms with Gasteiger partial charge in [-0.15, -0.1) is 0 Å². The van der Waals surface area contributed by atoms with Crippen molar-refractivity contribution in [1.82, 2.24) is 0 Å². The molecule has 0 aromatic heterocycles. The minimum Gasteiger partial charge on any atom is -0.469 e. The Balaban J connectivity index is 2.91. The standard InChI is InChI=1S/C12H14O6/c1-16-10(13)8-12(15,11(14)17-2)18-9-6-4-3-5-7-9/h3-7,15H,8H2,1-2H3. The first-order valence-electron chi connectivity index (χ1n) is 5.13. The topological polar surface area (TPSA) is 82.1 Å². The van der Waals surface area contributed by atoms with E-state index in [1.807, 2.05) is 0 Å². The smallest absolute Gasteiger partial charge is 0.379 e. The third-order valence-electron chi connectivity index (χ3n) is 2.15. The third kappa shape index (κ3) is 3.46. The summed E-state index contributed by atoms with van der Waals surface area (Å²) in [5.74, 6) is -4.03. The van der Waals surface area contributed by atoms with Gasteiger partial charge < -0.3 is 19.3 Å². The second-order valence-corrected chi connectivity index (χ2v) is 3.44. The maximum Gasteiger partial charge on any atom is 0.379 e. The van der Waals surface area contributed by atoms with Crippen LogP contribution in [0, 0.1) is 0 Å². The number of hydrogen-bond donors (Lipinski definition) is 1. The van der Waals surface area contributed by atoms with Crippen LogP contribution in [0.2, 0.25) is 0 Å². The lowest BCUT2D eigenvalue weighted by molar-refractivity contribution is -0.203. The molecule has 6 heteroatoms. The number of carbonyl (C=O) groups excluding carboxylic acids is 2. The van der Waals surface area contributed by atoms with Gasteiger partial charge in [0.15, 0.2) is 0 Å². The highest BCUT2D eigenvalue weighted by atomic mass is 16.7. The van der Waals surface area contributed by atoms with E-state index in [2.05, 4.69) is 9.47 Å². The fraction of sp³-hybridized carbons (Fsp3) is 0.333. The Labute approximate surface area is 104 Å². The van der Waals surface area contributed by atoms with Crippen LogP contribution in [0.15, 0.2) is 30.3 Å². The molecule has 6 nitrogen and oxygen atoms in total. The number of hydrogen-bond acceptors (Lipinski definition) is 6. The molecule has 1 aromatic carbocycles. The van der Waals surface area contributed by atoms with Gasteiger partial charge in [0.1, 0.15) is 12.2 Å². The molecule has 0 aliphatic heterocycles. The highest BCUT2D eigenvalue weighted by molar-refractivity contribution is 5.84. The zero-order valence-electron chi connectivity index (χ0n) is 10.1. The van der Waals surface area contributed by atoms with E-state index in [0.717, 1.165) is 14.2 Å². The van der Waals surface area contributed by atoms with Crippen LogP contribution >= 0.6 is 0 Å². The predicted molar refractivity (Wildman–Crippen MR) is 60.7 cm³/mol. The lowest BCUT2D eigenvalue weighted by Crippen LogP contribution is -2.47. The van der Waals surface area contributed by atoms with Crippen molar-refractivity contribution in [1.29, 1.82) is 0 Å². The Morgan fingerprint density at radius 3 is 2.28 bits per heavy atom. The maximum absolute atomic E-state index is 11.5. The first-order chi connectivity index (χ1) is 8.51. The van der Waals surface area contributed by atoms with Crippen LogP contribution in [-0.4, -0.2) is 37.1 Å². The first kappa shape index (κ1) is 14.0. The lowest BCUT2D eigenvalue weighted by atomic mass is 10.2. The van der Waals surface area contributed by atoms with E-state index in [-0.39, 0.29) is 5.75 Å². The zero-order valence-corrected chi connectivity index (χ0v) is 10.1. The average Bonchev–Trinajstić information content (AvgIpc) is 2.38. The molecule has 0 fully saturated rings. The number of aliphatic hydroxyl groups is 1. The molecule has 0 saturated carbocycles. The van der Waals surface area contributed by atoms with Crippen molar-refractivity contribution in [3.05, 3.63) is 30.3 Å². The fourth-order valence-electron chi connectivity index (χ4n) is 1.26. The fourth-order valence-corrected chi connectivity index (χ4v) is 1.26. The van der Waals surface area contributed by atoms with Gasteiger partial charge in [-0.25, -0.2) is 4.79 Å². The number of benzene rings is 1. The molecule has 0 aliphatic carbocycles. The van der Waals surface area contributed by atoms with Crippen molar-refractivity contribution in [2.75, 3.05) is 14.2 Å². The summed E-state index contributed by atoms with van der Waals surface area (Å²) in [6.45, 7) is 0. The Hall–Kier alpha value is -2.08. The molecule has 1 N–H and O–H groups in total. The van der Waals surface area contributed by atoms with Gasteiger partial charge in [0, 0.05) is 0 Å². The van der Waals surface area contributed by atoms with Gasteiger partial charge in [-0.3, -0.25) is 4.79 Å². The van der Waals surface area contributed by atoms with Crippen molar-refractivity contribution in [2.24, 2.45) is 0 Å². The molecule has 0 aliphatic rings.